The van der Waals surface area contributed by atoms with Crippen LogP contribution in [0.3, 0.4) is 0 Å². The highest BCUT2D eigenvalue weighted by Gasteiger charge is 2.23. The summed E-state index contributed by atoms with van der Waals surface area (Å²) in [6.45, 7) is 4.74. The number of fused-ring (bicyclic) bond motifs is 1. The van der Waals surface area contributed by atoms with Crippen LogP contribution >= 0.6 is 0 Å². The van der Waals surface area contributed by atoms with E-state index in [1.54, 1.807) is 0 Å². The van der Waals surface area contributed by atoms with Crippen LogP contribution in [0.5, 0.6) is 0 Å². The molecule has 0 amide bonds. The number of H-pyrrole nitrogens is 1. The van der Waals surface area contributed by atoms with E-state index in [9.17, 15) is 19.7 Å². The number of methoxy groups -OCH3 is 1. The number of furan rings is 1. The lowest BCUT2D eigenvalue weighted by atomic mass is 10.2. The van der Waals surface area contributed by atoms with Crippen molar-refractivity contribution in [2.24, 2.45) is 5.92 Å². The second-order valence-corrected chi connectivity index (χ2v) is 6.41. The summed E-state index contributed by atoms with van der Waals surface area (Å²) in [6, 6.07) is 2.61. The molecule has 0 saturated heterocycles. The smallest absolute Gasteiger partial charge is 0.397 e. The van der Waals surface area contributed by atoms with Crippen molar-refractivity contribution in [3.63, 3.8) is 0 Å². The Morgan fingerprint density at radius 3 is 2.67 bits per heavy atom. The summed E-state index contributed by atoms with van der Waals surface area (Å²) in [5.74, 6) is 0.0265. The minimum atomic E-state index is -0.660. The van der Waals surface area contributed by atoms with Crippen LogP contribution in [0.25, 0.3) is 22.7 Å². The Balaban J connectivity index is 2.31. The highest BCUT2D eigenvalue weighted by atomic mass is 16.6. The van der Waals surface area contributed by atoms with Crippen molar-refractivity contribution in [3.05, 3.63) is 43.1 Å². The maximum absolute atomic E-state index is 12.5. The van der Waals surface area contributed by atoms with Gasteiger partial charge in [-0.2, -0.15) is 0 Å². The summed E-state index contributed by atoms with van der Waals surface area (Å²) in [5, 5.41) is 10.9. The average Bonchev–Trinajstić information content (AvgIpc) is 3.21. The Morgan fingerprint density at radius 1 is 1.33 bits per heavy atom. The van der Waals surface area contributed by atoms with E-state index < -0.39 is 22.1 Å². The molecule has 0 aliphatic rings. The van der Waals surface area contributed by atoms with E-state index in [0.717, 1.165) is 0 Å². The lowest BCUT2D eigenvalue weighted by Gasteiger charge is -2.09. The van der Waals surface area contributed by atoms with Crippen LogP contribution < -0.4 is 11.2 Å². The molecule has 3 aromatic heterocycles. The van der Waals surface area contributed by atoms with Gasteiger partial charge in [-0.3, -0.25) is 24.5 Å². The summed E-state index contributed by atoms with van der Waals surface area (Å²) in [7, 11) is 1.51. The van der Waals surface area contributed by atoms with Gasteiger partial charge >= 0.3 is 11.6 Å². The normalized spacial score (nSPS) is 11.6. The molecule has 0 unspecified atom stereocenters. The fraction of sp³-hybridized carbons (Fsp3) is 0.438. The maximum Gasteiger partial charge on any atom is 0.433 e. The summed E-state index contributed by atoms with van der Waals surface area (Å²) >= 11 is 0. The third kappa shape index (κ3) is 3.40. The molecule has 0 bridgehead atoms. The second kappa shape index (κ2) is 7.19. The SMILES string of the molecule is COCCn1c(-c2ccc([N+](=O)[O-])o2)nc2c1c(=O)[nH]c(=O)n2CC(C)C. The van der Waals surface area contributed by atoms with Gasteiger partial charge in [-0.05, 0) is 12.0 Å². The van der Waals surface area contributed by atoms with Crippen LogP contribution in [0.2, 0.25) is 0 Å². The minimum absolute atomic E-state index is 0.122. The van der Waals surface area contributed by atoms with Gasteiger partial charge < -0.3 is 13.7 Å². The summed E-state index contributed by atoms with van der Waals surface area (Å²) in [5.41, 5.74) is -0.774. The molecule has 27 heavy (non-hydrogen) atoms. The van der Waals surface area contributed by atoms with Gasteiger partial charge in [0.25, 0.3) is 5.56 Å². The van der Waals surface area contributed by atoms with Gasteiger partial charge in [-0.15, -0.1) is 0 Å². The van der Waals surface area contributed by atoms with Gasteiger partial charge in [-0.25, -0.2) is 9.78 Å². The highest BCUT2D eigenvalue weighted by molar-refractivity contribution is 5.76. The molecule has 0 radical (unpaired) electrons. The first kappa shape index (κ1) is 18.6. The largest absolute Gasteiger partial charge is 0.433 e. The first-order chi connectivity index (χ1) is 12.8. The lowest BCUT2D eigenvalue weighted by Crippen LogP contribution is -2.32. The topological polar surface area (TPSA) is 138 Å². The van der Waals surface area contributed by atoms with E-state index in [4.69, 9.17) is 9.15 Å². The molecule has 0 aliphatic carbocycles. The molecule has 144 valence electrons. The van der Waals surface area contributed by atoms with E-state index in [2.05, 4.69) is 9.97 Å². The Kier molecular flexibility index (Phi) is 4.95. The van der Waals surface area contributed by atoms with E-state index in [1.807, 2.05) is 13.8 Å². The van der Waals surface area contributed by atoms with Crippen LogP contribution in [-0.2, 0) is 17.8 Å². The van der Waals surface area contributed by atoms with Crippen molar-refractivity contribution >= 4 is 17.0 Å². The third-order valence-corrected chi connectivity index (χ3v) is 3.94. The summed E-state index contributed by atoms with van der Waals surface area (Å²) in [4.78, 5) is 41.7. The predicted octanol–water partition coefficient (Wildman–Crippen LogP) is 1.36. The quantitative estimate of drug-likeness (QED) is 0.484. The average molecular weight is 377 g/mol. The summed E-state index contributed by atoms with van der Waals surface area (Å²) in [6.07, 6.45) is 0. The fourth-order valence-corrected chi connectivity index (χ4v) is 2.84. The Bertz CT molecular complexity index is 1100. The maximum atomic E-state index is 12.5. The molecular weight excluding hydrogens is 358 g/mol. The Morgan fingerprint density at radius 2 is 2.07 bits per heavy atom. The molecule has 0 fully saturated rings. The van der Waals surface area contributed by atoms with Crippen molar-refractivity contribution in [3.8, 4) is 11.6 Å². The van der Waals surface area contributed by atoms with Gasteiger partial charge in [0.2, 0.25) is 0 Å². The van der Waals surface area contributed by atoms with Crippen molar-refractivity contribution in [2.75, 3.05) is 13.7 Å². The van der Waals surface area contributed by atoms with E-state index in [0.29, 0.717) is 6.54 Å². The number of hydrogen-bond acceptors (Lipinski definition) is 7. The van der Waals surface area contributed by atoms with Gasteiger partial charge in [0.1, 0.15) is 4.92 Å². The number of nitrogens with one attached hydrogen (secondary N) is 1. The number of nitrogens with zero attached hydrogens (tertiary/aromatic N) is 4. The van der Waals surface area contributed by atoms with Crippen molar-refractivity contribution in [1.82, 2.24) is 19.1 Å². The summed E-state index contributed by atoms with van der Waals surface area (Å²) < 4.78 is 13.3. The number of aromatic amines is 1. The van der Waals surface area contributed by atoms with Gasteiger partial charge in [-0.1, -0.05) is 13.8 Å². The highest BCUT2D eigenvalue weighted by Crippen LogP contribution is 2.27. The molecule has 0 aromatic carbocycles. The first-order valence-corrected chi connectivity index (χ1v) is 8.30. The number of rotatable bonds is 7. The monoisotopic (exact) mass is 377 g/mol. The zero-order chi connectivity index (χ0) is 19.7. The fourth-order valence-electron chi connectivity index (χ4n) is 2.84. The zero-order valence-corrected chi connectivity index (χ0v) is 15.1. The van der Waals surface area contributed by atoms with E-state index in [1.165, 1.54) is 28.4 Å². The Hall–Kier alpha value is -3.21. The third-order valence-electron chi connectivity index (χ3n) is 3.94. The number of ether oxygens (including phenoxy) is 1. The molecule has 3 rings (SSSR count). The molecular formula is C16H19N5O6. The van der Waals surface area contributed by atoms with E-state index in [-0.39, 0.29) is 41.8 Å². The molecule has 0 atom stereocenters. The van der Waals surface area contributed by atoms with Crippen LogP contribution in [0, 0.1) is 16.0 Å². The molecule has 3 heterocycles. The number of imidazole rings is 1. The lowest BCUT2D eigenvalue weighted by molar-refractivity contribution is -0.401. The van der Waals surface area contributed by atoms with Crippen LogP contribution in [-0.4, -0.2) is 37.7 Å². The molecule has 1 N–H and O–H groups in total. The van der Waals surface area contributed by atoms with Crippen molar-refractivity contribution < 1.29 is 14.1 Å². The van der Waals surface area contributed by atoms with Crippen LogP contribution in [0.1, 0.15) is 13.8 Å². The minimum Gasteiger partial charge on any atom is -0.397 e. The van der Waals surface area contributed by atoms with Gasteiger partial charge in [0.15, 0.2) is 22.7 Å². The number of aromatic nitrogens is 4. The van der Waals surface area contributed by atoms with Gasteiger partial charge in [0.05, 0.1) is 12.7 Å². The molecule has 11 heteroatoms. The van der Waals surface area contributed by atoms with Crippen LogP contribution in [0.4, 0.5) is 5.88 Å². The number of hydrogen-bond donors (Lipinski definition) is 1. The molecule has 11 nitrogen and oxygen atoms in total. The van der Waals surface area contributed by atoms with Crippen molar-refractivity contribution in [1.29, 1.82) is 0 Å². The molecule has 0 aliphatic heterocycles. The standard InChI is InChI=1S/C16H19N5O6/c1-9(2)8-20-14-12(15(22)18-16(20)23)19(6-7-26-3)13(17-14)10-4-5-11(27-10)21(24)25/h4-5,9H,6-8H2,1-3H3,(H,18,22,23). The van der Waals surface area contributed by atoms with Gasteiger partial charge in [0, 0.05) is 20.2 Å². The van der Waals surface area contributed by atoms with Crippen LogP contribution in [0.15, 0.2) is 26.1 Å². The predicted molar refractivity (Wildman–Crippen MR) is 95.7 cm³/mol. The zero-order valence-electron chi connectivity index (χ0n) is 15.1. The Labute approximate surface area is 152 Å². The van der Waals surface area contributed by atoms with E-state index >= 15 is 0 Å². The molecule has 0 spiro atoms. The molecule has 3 aromatic rings. The molecule has 0 saturated carbocycles. The van der Waals surface area contributed by atoms with Crippen molar-refractivity contribution in [2.45, 2.75) is 26.9 Å². The first-order valence-electron chi connectivity index (χ1n) is 8.30. The second-order valence-electron chi connectivity index (χ2n) is 6.41. The number of nitro groups is 1.